The van der Waals surface area contributed by atoms with Crippen LogP contribution in [0.4, 0.5) is 16.2 Å². The first kappa shape index (κ1) is 24.6. The van der Waals surface area contributed by atoms with E-state index < -0.39 is 5.54 Å². The van der Waals surface area contributed by atoms with E-state index in [2.05, 4.69) is 10.2 Å². The summed E-state index contributed by atoms with van der Waals surface area (Å²) in [4.78, 5) is 46.9. The fourth-order valence-corrected chi connectivity index (χ4v) is 5.15. The van der Waals surface area contributed by atoms with Gasteiger partial charge in [0, 0.05) is 37.6 Å². The van der Waals surface area contributed by atoms with Gasteiger partial charge in [-0.05, 0) is 57.4 Å². The van der Waals surface area contributed by atoms with Crippen LogP contribution in [0.25, 0.3) is 0 Å². The van der Waals surface area contributed by atoms with Crippen LogP contribution in [0, 0.1) is 6.92 Å². The van der Waals surface area contributed by atoms with Crippen molar-refractivity contribution < 1.29 is 14.4 Å². The van der Waals surface area contributed by atoms with Crippen molar-refractivity contribution in [3.63, 3.8) is 0 Å². The minimum absolute atomic E-state index is 0.0270. The predicted octanol–water partition coefficient (Wildman–Crippen LogP) is 3.54. The van der Waals surface area contributed by atoms with E-state index >= 15 is 0 Å². The number of nitrogens with zero attached hydrogens (tertiary/aromatic N) is 4. The first-order valence-corrected chi connectivity index (χ1v) is 12.4. The number of hydrogen-bond acceptors (Lipinski definition) is 4. The van der Waals surface area contributed by atoms with Crippen LogP contribution < -0.4 is 10.2 Å². The number of nitrogens with one attached hydrogen (secondary N) is 1. The standard InChI is InChI=1S/C27H35N5O3/c1-4-29(5-2)24(33)19-31-20-32(22-12-7-6-8-13-22)27(25(31)34)15-17-30(18-16-27)26(35)28-23-14-10-9-11-21(23)3/h6-14H,4-5,15-20H2,1-3H3,(H,28,35). The van der Waals surface area contributed by atoms with E-state index in [-0.39, 0.29) is 24.4 Å². The number of piperidine rings is 1. The molecule has 1 N–H and O–H groups in total. The van der Waals surface area contributed by atoms with Crippen LogP contribution in [0.3, 0.4) is 0 Å². The number of hydrogen-bond donors (Lipinski definition) is 1. The first-order chi connectivity index (χ1) is 16.9. The Balaban J connectivity index is 1.52. The molecule has 1 spiro atoms. The third-order valence-electron chi connectivity index (χ3n) is 7.29. The Morgan fingerprint density at radius 1 is 0.971 bits per heavy atom. The number of anilines is 2. The molecule has 35 heavy (non-hydrogen) atoms. The van der Waals surface area contributed by atoms with E-state index in [0.29, 0.717) is 45.7 Å². The Morgan fingerprint density at radius 3 is 2.23 bits per heavy atom. The zero-order chi connectivity index (χ0) is 25.0. The Labute approximate surface area is 207 Å². The average molecular weight is 478 g/mol. The summed E-state index contributed by atoms with van der Waals surface area (Å²) in [5, 5.41) is 3.00. The molecule has 2 aromatic rings. The molecule has 2 saturated heterocycles. The molecule has 2 aromatic carbocycles. The van der Waals surface area contributed by atoms with Gasteiger partial charge in [0.05, 0.1) is 6.67 Å². The van der Waals surface area contributed by atoms with Gasteiger partial charge in [-0.3, -0.25) is 9.59 Å². The molecule has 0 aliphatic carbocycles. The maximum Gasteiger partial charge on any atom is 0.321 e. The molecule has 186 valence electrons. The van der Waals surface area contributed by atoms with Crippen LogP contribution in [0.15, 0.2) is 54.6 Å². The van der Waals surface area contributed by atoms with Crippen LogP contribution >= 0.6 is 0 Å². The number of aryl methyl sites for hydroxylation is 1. The van der Waals surface area contributed by atoms with Gasteiger partial charge >= 0.3 is 6.03 Å². The van der Waals surface area contributed by atoms with Crippen LogP contribution in [0.5, 0.6) is 0 Å². The third-order valence-corrected chi connectivity index (χ3v) is 7.29. The zero-order valence-electron chi connectivity index (χ0n) is 20.9. The van der Waals surface area contributed by atoms with Crippen molar-refractivity contribution in [1.29, 1.82) is 0 Å². The number of likely N-dealkylation sites (N-methyl/N-ethyl adjacent to an activating group) is 1. The molecule has 0 aromatic heterocycles. The van der Waals surface area contributed by atoms with Crippen molar-refractivity contribution in [1.82, 2.24) is 14.7 Å². The molecule has 8 heteroatoms. The lowest BCUT2D eigenvalue weighted by Crippen LogP contribution is -2.58. The number of urea groups is 1. The Morgan fingerprint density at radius 2 is 1.60 bits per heavy atom. The summed E-state index contributed by atoms with van der Waals surface area (Å²) in [5.41, 5.74) is 1.99. The highest BCUT2D eigenvalue weighted by Gasteiger charge is 2.54. The lowest BCUT2D eigenvalue weighted by atomic mass is 9.85. The smallest absolute Gasteiger partial charge is 0.321 e. The van der Waals surface area contributed by atoms with Gasteiger partial charge in [0.15, 0.2) is 0 Å². The molecule has 2 aliphatic rings. The molecule has 0 bridgehead atoms. The fourth-order valence-electron chi connectivity index (χ4n) is 5.15. The second kappa shape index (κ2) is 10.4. The summed E-state index contributed by atoms with van der Waals surface area (Å²) in [5.74, 6) is -0.0655. The molecule has 4 amide bonds. The molecule has 8 nitrogen and oxygen atoms in total. The second-order valence-electron chi connectivity index (χ2n) is 9.24. The lowest BCUT2D eigenvalue weighted by Gasteiger charge is -2.43. The Bertz CT molecular complexity index is 1060. The molecule has 2 fully saturated rings. The summed E-state index contributed by atoms with van der Waals surface area (Å²) in [7, 11) is 0. The first-order valence-electron chi connectivity index (χ1n) is 12.4. The third kappa shape index (κ3) is 4.83. The summed E-state index contributed by atoms with van der Waals surface area (Å²) in [6, 6.07) is 17.4. The summed E-state index contributed by atoms with van der Waals surface area (Å²) in [6.07, 6.45) is 1.02. The van der Waals surface area contributed by atoms with Crippen molar-refractivity contribution in [2.24, 2.45) is 0 Å². The van der Waals surface area contributed by atoms with Crippen LogP contribution in [0.1, 0.15) is 32.3 Å². The van der Waals surface area contributed by atoms with Crippen LogP contribution in [-0.4, -0.2) is 77.5 Å². The molecule has 0 unspecified atom stereocenters. The highest BCUT2D eigenvalue weighted by atomic mass is 16.2. The summed E-state index contributed by atoms with van der Waals surface area (Å²) in [6.45, 7) is 8.46. The van der Waals surface area contributed by atoms with Crippen LogP contribution in [-0.2, 0) is 9.59 Å². The second-order valence-corrected chi connectivity index (χ2v) is 9.24. The van der Waals surface area contributed by atoms with Crippen LogP contribution in [0.2, 0.25) is 0 Å². The van der Waals surface area contributed by atoms with E-state index in [9.17, 15) is 14.4 Å². The maximum absolute atomic E-state index is 13.8. The molecule has 4 rings (SSSR count). The summed E-state index contributed by atoms with van der Waals surface area (Å²) < 4.78 is 0. The number of benzene rings is 2. The molecular formula is C27H35N5O3. The van der Waals surface area contributed by atoms with Gasteiger partial charge in [-0.2, -0.15) is 0 Å². The minimum Gasteiger partial charge on any atom is -0.342 e. The van der Waals surface area contributed by atoms with Gasteiger partial charge in [0.1, 0.15) is 12.1 Å². The molecule has 2 heterocycles. The lowest BCUT2D eigenvalue weighted by molar-refractivity contribution is -0.140. The molecule has 0 radical (unpaired) electrons. The number of amides is 4. The van der Waals surface area contributed by atoms with Gasteiger partial charge in [-0.15, -0.1) is 0 Å². The van der Waals surface area contributed by atoms with E-state index in [1.807, 2.05) is 75.4 Å². The quantitative estimate of drug-likeness (QED) is 0.691. The molecule has 0 saturated carbocycles. The zero-order valence-corrected chi connectivity index (χ0v) is 20.9. The van der Waals surface area contributed by atoms with E-state index in [0.717, 1.165) is 16.9 Å². The molecule has 0 atom stereocenters. The van der Waals surface area contributed by atoms with Gasteiger partial charge in [-0.25, -0.2) is 4.79 Å². The largest absolute Gasteiger partial charge is 0.342 e. The van der Waals surface area contributed by atoms with Crippen molar-refractivity contribution >= 4 is 29.2 Å². The van der Waals surface area contributed by atoms with Crippen molar-refractivity contribution in [2.45, 2.75) is 39.2 Å². The maximum atomic E-state index is 13.8. The monoisotopic (exact) mass is 477 g/mol. The average Bonchev–Trinajstić information content (AvgIpc) is 3.13. The minimum atomic E-state index is -0.760. The number of carbonyl (C=O) groups excluding carboxylic acids is 3. The van der Waals surface area contributed by atoms with Crippen molar-refractivity contribution in [2.75, 3.05) is 49.6 Å². The highest BCUT2D eigenvalue weighted by molar-refractivity contribution is 5.97. The highest BCUT2D eigenvalue weighted by Crippen LogP contribution is 2.39. The fraction of sp³-hybridized carbons (Fsp3) is 0.444. The Hall–Kier alpha value is -3.55. The van der Waals surface area contributed by atoms with Gasteiger partial charge < -0.3 is 24.9 Å². The number of para-hydroxylation sites is 2. The number of rotatable bonds is 6. The van der Waals surface area contributed by atoms with Crippen molar-refractivity contribution in [3.05, 3.63) is 60.2 Å². The van der Waals surface area contributed by atoms with Gasteiger partial charge in [0.2, 0.25) is 5.91 Å². The summed E-state index contributed by atoms with van der Waals surface area (Å²) >= 11 is 0. The van der Waals surface area contributed by atoms with E-state index in [1.54, 1.807) is 14.7 Å². The van der Waals surface area contributed by atoms with Gasteiger partial charge in [0.25, 0.3) is 5.91 Å². The number of carbonyl (C=O) groups is 3. The van der Waals surface area contributed by atoms with Crippen molar-refractivity contribution in [3.8, 4) is 0 Å². The van der Waals surface area contributed by atoms with E-state index in [1.165, 1.54) is 0 Å². The van der Waals surface area contributed by atoms with E-state index in [4.69, 9.17) is 0 Å². The Kier molecular flexibility index (Phi) is 7.28. The van der Waals surface area contributed by atoms with Gasteiger partial charge in [-0.1, -0.05) is 36.4 Å². The SMILES string of the molecule is CCN(CC)C(=O)CN1CN(c2ccccc2)C2(CCN(C(=O)Nc3ccccc3C)CC2)C1=O. The predicted molar refractivity (Wildman–Crippen MR) is 137 cm³/mol. The molecule has 2 aliphatic heterocycles. The molecular weight excluding hydrogens is 442 g/mol. The topological polar surface area (TPSA) is 76.2 Å². The normalized spacial score (nSPS) is 17.1. The number of likely N-dealkylation sites (tertiary alicyclic amines) is 1.